The Bertz CT molecular complexity index is 209. The number of carbonyl (C=O) groups is 2. The lowest BCUT2D eigenvalue weighted by Gasteiger charge is -2.21. The van der Waals surface area contributed by atoms with Crippen LogP contribution in [-0.2, 0) is 4.79 Å². The lowest BCUT2D eigenvalue weighted by Crippen LogP contribution is -2.47. The molecule has 12 heavy (non-hydrogen) atoms. The first-order valence-electron chi connectivity index (χ1n) is 3.60. The number of nitrogens with zero attached hydrogens (tertiary/aromatic N) is 1. The summed E-state index contributed by atoms with van der Waals surface area (Å²) in [6.07, 6.45) is 0. The average molecular weight is 189 g/mol. The predicted octanol–water partition coefficient (Wildman–Crippen LogP) is -0.466. The van der Waals surface area contributed by atoms with Crippen LogP contribution in [0.1, 0.15) is 6.92 Å². The van der Waals surface area contributed by atoms with E-state index in [1.807, 2.05) is 5.43 Å². The zero-order chi connectivity index (χ0) is 9.14. The van der Waals surface area contributed by atoms with Gasteiger partial charge in [0.25, 0.3) is 11.1 Å². The number of carbonyl (C=O) groups excluding carboxylic acids is 2. The molecule has 5 nitrogen and oxygen atoms in total. The zero-order valence-corrected chi connectivity index (χ0v) is 7.56. The van der Waals surface area contributed by atoms with E-state index < -0.39 is 6.04 Å². The van der Waals surface area contributed by atoms with Gasteiger partial charge in [-0.15, -0.1) is 0 Å². The maximum atomic E-state index is 11.1. The Labute approximate surface area is 74.6 Å². The van der Waals surface area contributed by atoms with Crippen LogP contribution in [-0.4, -0.2) is 34.4 Å². The van der Waals surface area contributed by atoms with Crippen LogP contribution in [0.2, 0.25) is 0 Å². The number of hydrogen-bond acceptors (Lipinski definition) is 4. The van der Waals surface area contributed by atoms with Gasteiger partial charge in [0.15, 0.2) is 0 Å². The number of nitrogens with two attached hydrogens (primary N) is 1. The summed E-state index contributed by atoms with van der Waals surface area (Å²) in [5.74, 6) is 5.36. The van der Waals surface area contributed by atoms with Gasteiger partial charge in [-0.05, 0) is 6.92 Å². The largest absolute Gasteiger partial charge is 0.321 e. The third kappa shape index (κ3) is 1.70. The number of rotatable bonds is 2. The summed E-state index contributed by atoms with van der Waals surface area (Å²) in [6.45, 7) is 2.28. The van der Waals surface area contributed by atoms with E-state index in [1.54, 1.807) is 6.92 Å². The Morgan fingerprint density at radius 1 is 1.83 bits per heavy atom. The number of amides is 2. The van der Waals surface area contributed by atoms with E-state index in [-0.39, 0.29) is 11.1 Å². The molecule has 0 spiro atoms. The molecule has 1 heterocycles. The van der Waals surface area contributed by atoms with Crippen LogP contribution in [0, 0.1) is 0 Å². The highest BCUT2D eigenvalue weighted by Gasteiger charge is 2.29. The van der Waals surface area contributed by atoms with Gasteiger partial charge in [-0.3, -0.25) is 15.0 Å². The van der Waals surface area contributed by atoms with Gasteiger partial charge in [-0.2, -0.15) is 0 Å². The molecular formula is C6H11N3O2S. The van der Waals surface area contributed by atoms with E-state index in [9.17, 15) is 9.59 Å². The van der Waals surface area contributed by atoms with Crippen molar-refractivity contribution in [3.8, 4) is 0 Å². The summed E-state index contributed by atoms with van der Waals surface area (Å²) in [5.41, 5.74) is 2.02. The second-order valence-electron chi connectivity index (χ2n) is 2.49. The highest BCUT2D eigenvalue weighted by molar-refractivity contribution is 8.13. The summed E-state index contributed by atoms with van der Waals surface area (Å²) in [7, 11) is 0. The van der Waals surface area contributed by atoms with Crippen molar-refractivity contribution in [3.05, 3.63) is 0 Å². The summed E-state index contributed by atoms with van der Waals surface area (Å²) >= 11 is 1.23. The standard InChI is InChI=1S/C6H11N3O2S/c1-4(5(10)8-7)9-2-3-12-6(9)11/h4H,2-3,7H2,1H3,(H,8,10). The number of nitrogens with one attached hydrogen (secondary N) is 1. The number of hydrogen-bond donors (Lipinski definition) is 2. The van der Waals surface area contributed by atoms with Gasteiger partial charge in [0, 0.05) is 12.3 Å². The van der Waals surface area contributed by atoms with Crippen molar-refractivity contribution in [2.45, 2.75) is 13.0 Å². The van der Waals surface area contributed by atoms with Crippen molar-refractivity contribution in [2.75, 3.05) is 12.3 Å². The third-order valence-corrected chi connectivity index (χ3v) is 2.65. The normalized spacial score (nSPS) is 19.5. The minimum atomic E-state index is -0.461. The van der Waals surface area contributed by atoms with Gasteiger partial charge in [0.05, 0.1) is 0 Å². The molecule has 1 unspecified atom stereocenters. The average Bonchev–Trinajstić information content (AvgIpc) is 2.48. The minimum Gasteiger partial charge on any atom is -0.321 e. The van der Waals surface area contributed by atoms with Gasteiger partial charge in [0.1, 0.15) is 6.04 Å². The first-order valence-corrected chi connectivity index (χ1v) is 4.59. The van der Waals surface area contributed by atoms with Crippen LogP contribution in [0.15, 0.2) is 0 Å². The van der Waals surface area contributed by atoms with Crippen LogP contribution < -0.4 is 11.3 Å². The molecular weight excluding hydrogens is 178 g/mol. The van der Waals surface area contributed by atoms with Gasteiger partial charge < -0.3 is 4.90 Å². The molecule has 0 radical (unpaired) electrons. The second kappa shape index (κ2) is 3.77. The van der Waals surface area contributed by atoms with Crippen LogP contribution in [0.5, 0.6) is 0 Å². The Balaban J connectivity index is 2.57. The Hall–Kier alpha value is -0.750. The van der Waals surface area contributed by atoms with Crippen molar-refractivity contribution in [1.29, 1.82) is 0 Å². The molecule has 2 amide bonds. The fourth-order valence-electron chi connectivity index (χ4n) is 1.02. The molecule has 1 atom stereocenters. The van der Waals surface area contributed by atoms with Gasteiger partial charge in [0.2, 0.25) is 0 Å². The van der Waals surface area contributed by atoms with Crippen LogP contribution >= 0.6 is 11.8 Å². The molecule has 0 aromatic carbocycles. The summed E-state index contributed by atoms with van der Waals surface area (Å²) < 4.78 is 0. The maximum absolute atomic E-state index is 11.1. The quantitative estimate of drug-likeness (QED) is 0.350. The lowest BCUT2D eigenvalue weighted by molar-refractivity contribution is -0.124. The van der Waals surface area contributed by atoms with Crippen LogP contribution in [0.25, 0.3) is 0 Å². The molecule has 0 bridgehead atoms. The smallest absolute Gasteiger partial charge is 0.282 e. The summed E-state index contributed by atoms with van der Waals surface area (Å²) in [4.78, 5) is 23.6. The number of hydrazine groups is 1. The molecule has 1 aliphatic heterocycles. The Morgan fingerprint density at radius 2 is 2.50 bits per heavy atom. The molecule has 0 aromatic heterocycles. The van der Waals surface area contributed by atoms with Gasteiger partial charge in [-0.1, -0.05) is 11.8 Å². The molecule has 1 fully saturated rings. The highest BCUT2D eigenvalue weighted by atomic mass is 32.2. The van der Waals surface area contributed by atoms with Crippen molar-refractivity contribution in [1.82, 2.24) is 10.3 Å². The fourth-order valence-corrected chi connectivity index (χ4v) is 1.90. The Morgan fingerprint density at radius 3 is 2.92 bits per heavy atom. The molecule has 1 saturated heterocycles. The highest BCUT2D eigenvalue weighted by Crippen LogP contribution is 2.19. The summed E-state index contributed by atoms with van der Waals surface area (Å²) in [5, 5.41) is -0.0499. The topological polar surface area (TPSA) is 75.4 Å². The predicted molar refractivity (Wildman–Crippen MR) is 46.4 cm³/mol. The molecule has 3 N–H and O–H groups in total. The lowest BCUT2D eigenvalue weighted by atomic mass is 10.3. The molecule has 1 aliphatic rings. The first kappa shape index (κ1) is 9.34. The van der Waals surface area contributed by atoms with Crippen LogP contribution in [0.3, 0.4) is 0 Å². The van der Waals surface area contributed by atoms with E-state index in [0.29, 0.717) is 6.54 Å². The van der Waals surface area contributed by atoms with E-state index in [2.05, 4.69) is 0 Å². The first-order chi connectivity index (χ1) is 5.66. The molecule has 0 aliphatic carbocycles. The maximum Gasteiger partial charge on any atom is 0.282 e. The summed E-state index contributed by atoms with van der Waals surface area (Å²) in [6, 6.07) is -0.461. The van der Waals surface area contributed by atoms with E-state index in [0.717, 1.165) is 5.75 Å². The zero-order valence-electron chi connectivity index (χ0n) is 6.74. The fraction of sp³-hybridized carbons (Fsp3) is 0.667. The van der Waals surface area contributed by atoms with Gasteiger partial charge >= 0.3 is 0 Å². The molecule has 68 valence electrons. The van der Waals surface area contributed by atoms with E-state index in [1.165, 1.54) is 16.7 Å². The Kier molecular flexibility index (Phi) is 2.93. The van der Waals surface area contributed by atoms with Gasteiger partial charge in [-0.25, -0.2) is 5.84 Å². The third-order valence-electron chi connectivity index (χ3n) is 1.78. The van der Waals surface area contributed by atoms with E-state index in [4.69, 9.17) is 5.84 Å². The monoisotopic (exact) mass is 189 g/mol. The molecule has 6 heteroatoms. The number of thioether (sulfide) groups is 1. The van der Waals surface area contributed by atoms with Crippen molar-refractivity contribution in [2.24, 2.45) is 5.84 Å². The SMILES string of the molecule is CC(C(=O)NN)N1CCSC1=O. The van der Waals surface area contributed by atoms with E-state index >= 15 is 0 Å². The second-order valence-corrected chi connectivity index (χ2v) is 3.54. The van der Waals surface area contributed by atoms with Crippen molar-refractivity contribution < 1.29 is 9.59 Å². The molecule has 0 saturated carbocycles. The van der Waals surface area contributed by atoms with Crippen molar-refractivity contribution in [3.63, 3.8) is 0 Å². The minimum absolute atomic E-state index is 0.0499. The molecule has 1 rings (SSSR count). The molecule has 0 aromatic rings. The van der Waals surface area contributed by atoms with Crippen LogP contribution in [0.4, 0.5) is 4.79 Å². The van der Waals surface area contributed by atoms with Crippen molar-refractivity contribution >= 4 is 22.9 Å².